The zero-order valence-corrected chi connectivity index (χ0v) is 15.1. The fourth-order valence-electron chi connectivity index (χ4n) is 2.62. The molecular formula is C19H14F3NO4S. The van der Waals surface area contributed by atoms with Gasteiger partial charge in [0, 0.05) is 18.0 Å². The van der Waals surface area contributed by atoms with Gasteiger partial charge in [-0.25, -0.2) is 4.79 Å². The maximum absolute atomic E-state index is 12.9. The molecule has 0 aliphatic carbocycles. The second kappa shape index (κ2) is 7.97. The summed E-state index contributed by atoms with van der Waals surface area (Å²) in [4.78, 5) is 27.9. The van der Waals surface area contributed by atoms with Crippen LogP contribution in [0.4, 0.5) is 13.2 Å². The number of thiophene rings is 1. The lowest BCUT2D eigenvalue weighted by atomic mass is 10.1. The van der Waals surface area contributed by atoms with E-state index in [9.17, 15) is 27.9 Å². The second-order valence-electron chi connectivity index (χ2n) is 5.89. The van der Waals surface area contributed by atoms with Crippen molar-refractivity contribution in [3.05, 3.63) is 57.9 Å². The molecule has 3 aromatic rings. The molecule has 1 N–H and O–H groups in total. The Balaban J connectivity index is 1.80. The van der Waals surface area contributed by atoms with Gasteiger partial charge in [-0.3, -0.25) is 9.78 Å². The van der Waals surface area contributed by atoms with Gasteiger partial charge in [0.1, 0.15) is 11.3 Å². The Morgan fingerprint density at radius 1 is 1.21 bits per heavy atom. The first-order valence-electron chi connectivity index (χ1n) is 8.20. The third kappa shape index (κ3) is 4.30. The third-order valence-corrected chi connectivity index (χ3v) is 4.88. The number of hydrogen-bond donors (Lipinski definition) is 1. The smallest absolute Gasteiger partial charge is 0.416 e. The first-order chi connectivity index (χ1) is 13.3. The molecule has 1 aromatic carbocycles. The molecule has 9 heteroatoms. The van der Waals surface area contributed by atoms with Crippen LogP contribution in [-0.4, -0.2) is 28.4 Å². The number of Topliss-reactive ketones (excluding diaryl/α,β-unsaturated/α-hetero) is 1. The van der Waals surface area contributed by atoms with Crippen LogP contribution in [-0.2, 0) is 6.18 Å². The number of benzene rings is 1. The van der Waals surface area contributed by atoms with E-state index < -0.39 is 17.7 Å². The average molecular weight is 409 g/mol. The minimum Gasteiger partial charge on any atom is -0.492 e. The van der Waals surface area contributed by atoms with Crippen molar-refractivity contribution in [2.24, 2.45) is 0 Å². The van der Waals surface area contributed by atoms with Crippen LogP contribution in [0.15, 0.2) is 41.9 Å². The van der Waals surface area contributed by atoms with Crippen LogP contribution in [0.25, 0.3) is 10.9 Å². The number of hydrogen-bond acceptors (Lipinski definition) is 5. The number of aromatic carboxylic acids is 1. The predicted molar refractivity (Wildman–Crippen MR) is 97.1 cm³/mol. The van der Waals surface area contributed by atoms with Crippen molar-refractivity contribution in [2.75, 3.05) is 6.61 Å². The highest BCUT2D eigenvalue weighted by Gasteiger charge is 2.31. The number of carboxylic acids is 1. The minimum atomic E-state index is -4.54. The number of carboxylic acid groups (broad SMARTS) is 1. The second-order valence-corrected chi connectivity index (χ2v) is 6.84. The van der Waals surface area contributed by atoms with Crippen LogP contribution in [0, 0.1) is 0 Å². The molecule has 0 saturated heterocycles. The Morgan fingerprint density at radius 3 is 2.64 bits per heavy atom. The monoisotopic (exact) mass is 409 g/mol. The number of aromatic nitrogens is 1. The van der Waals surface area contributed by atoms with E-state index in [1.165, 1.54) is 11.3 Å². The van der Waals surface area contributed by atoms with Gasteiger partial charge in [0.25, 0.3) is 0 Å². The normalized spacial score (nSPS) is 11.5. The quantitative estimate of drug-likeness (QED) is 0.436. The van der Waals surface area contributed by atoms with E-state index in [-0.39, 0.29) is 41.0 Å². The summed E-state index contributed by atoms with van der Waals surface area (Å²) in [5.41, 5.74) is -1.16. The number of nitrogens with zero attached hydrogens (tertiary/aromatic N) is 1. The van der Waals surface area contributed by atoms with E-state index >= 15 is 0 Å². The minimum absolute atomic E-state index is 0.0236. The molecular weight excluding hydrogens is 395 g/mol. The molecule has 0 aliphatic rings. The van der Waals surface area contributed by atoms with E-state index in [0.29, 0.717) is 11.3 Å². The molecule has 2 heterocycles. The van der Waals surface area contributed by atoms with Crippen molar-refractivity contribution >= 4 is 34.0 Å². The topological polar surface area (TPSA) is 76.5 Å². The van der Waals surface area contributed by atoms with E-state index in [4.69, 9.17) is 4.74 Å². The van der Waals surface area contributed by atoms with Crippen molar-refractivity contribution in [3.8, 4) is 5.75 Å². The molecule has 0 spiro atoms. The molecule has 0 radical (unpaired) electrons. The van der Waals surface area contributed by atoms with Crippen LogP contribution in [0.5, 0.6) is 5.75 Å². The number of alkyl halides is 3. The Bertz CT molecular complexity index is 1020. The van der Waals surface area contributed by atoms with Gasteiger partial charge in [0.15, 0.2) is 5.78 Å². The zero-order valence-electron chi connectivity index (χ0n) is 14.3. The lowest BCUT2D eigenvalue weighted by Crippen LogP contribution is -2.09. The van der Waals surface area contributed by atoms with Gasteiger partial charge >= 0.3 is 12.1 Å². The largest absolute Gasteiger partial charge is 0.492 e. The summed E-state index contributed by atoms with van der Waals surface area (Å²) in [6, 6.07) is 6.32. The van der Waals surface area contributed by atoms with Crippen LogP contribution >= 0.6 is 11.3 Å². The number of fused-ring (bicyclic) bond motifs is 1. The molecule has 0 aliphatic heterocycles. The number of ketones is 1. The maximum Gasteiger partial charge on any atom is 0.416 e. The van der Waals surface area contributed by atoms with Gasteiger partial charge in [-0.1, -0.05) is 6.07 Å². The molecule has 3 rings (SSSR count). The summed E-state index contributed by atoms with van der Waals surface area (Å²) < 4.78 is 44.2. The van der Waals surface area contributed by atoms with E-state index in [0.717, 1.165) is 24.4 Å². The fraction of sp³-hybridized carbons (Fsp3) is 0.211. The number of halogens is 3. The molecule has 2 aromatic heterocycles. The zero-order chi connectivity index (χ0) is 20.3. The van der Waals surface area contributed by atoms with E-state index in [2.05, 4.69) is 4.98 Å². The maximum atomic E-state index is 12.9. The van der Waals surface area contributed by atoms with Gasteiger partial charge in [-0.05, 0) is 36.1 Å². The number of ether oxygens (including phenoxy) is 1. The number of rotatable bonds is 7. The number of carbonyl (C=O) groups excluding carboxylic acids is 1. The van der Waals surface area contributed by atoms with Crippen molar-refractivity contribution < 1.29 is 32.6 Å². The fourth-order valence-corrected chi connectivity index (χ4v) is 3.31. The van der Waals surface area contributed by atoms with Crippen molar-refractivity contribution in [3.63, 3.8) is 0 Å². The van der Waals surface area contributed by atoms with Gasteiger partial charge in [-0.2, -0.15) is 13.2 Å². The highest BCUT2D eigenvalue weighted by Crippen LogP contribution is 2.34. The Kier molecular flexibility index (Phi) is 5.64. The summed E-state index contributed by atoms with van der Waals surface area (Å²) in [6.07, 6.45) is -3.02. The highest BCUT2D eigenvalue weighted by molar-refractivity contribution is 7.12. The molecule has 146 valence electrons. The third-order valence-electron chi connectivity index (χ3n) is 3.97. The number of carbonyl (C=O) groups is 2. The SMILES string of the molecule is O=C(CCCOc1c(C(=O)O)cnc2cc(C(F)(F)F)ccc12)c1cccs1. The van der Waals surface area contributed by atoms with Crippen molar-refractivity contribution in [1.29, 1.82) is 0 Å². The van der Waals surface area contributed by atoms with Gasteiger partial charge in [0.2, 0.25) is 0 Å². The molecule has 0 fully saturated rings. The van der Waals surface area contributed by atoms with Crippen molar-refractivity contribution in [1.82, 2.24) is 4.98 Å². The highest BCUT2D eigenvalue weighted by atomic mass is 32.1. The summed E-state index contributed by atoms with van der Waals surface area (Å²) in [5, 5.41) is 11.3. The van der Waals surface area contributed by atoms with E-state index in [1.807, 2.05) is 0 Å². The first kappa shape index (κ1) is 19.8. The Hall–Kier alpha value is -2.94. The standard InChI is InChI=1S/C19H14F3NO4S/c20-19(21,22)11-5-6-12-14(9-11)23-10-13(18(25)26)17(12)27-7-1-3-15(24)16-4-2-8-28-16/h2,4-6,8-10H,1,3,7H2,(H,25,26). The first-order valence-corrected chi connectivity index (χ1v) is 9.08. The summed E-state index contributed by atoms with van der Waals surface area (Å²) in [5.74, 6) is -1.42. The Morgan fingerprint density at radius 2 is 2.00 bits per heavy atom. The van der Waals surface area contributed by atoms with Crippen molar-refractivity contribution in [2.45, 2.75) is 19.0 Å². The molecule has 0 unspecified atom stereocenters. The molecule has 5 nitrogen and oxygen atoms in total. The van der Waals surface area contributed by atoms with Gasteiger partial charge in [-0.15, -0.1) is 11.3 Å². The van der Waals surface area contributed by atoms with E-state index in [1.54, 1.807) is 17.5 Å². The molecule has 0 bridgehead atoms. The van der Waals surface area contributed by atoms with Crippen LogP contribution in [0.1, 0.15) is 38.4 Å². The number of pyridine rings is 1. The molecule has 0 amide bonds. The molecule has 0 atom stereocenters. The lowest BCUT2D eigenvalue weighted by Gasteiger charge is -2.13. The molecule has 0 saturated carbocycles. The summed E-state index contributed by atoms with van der Waals surface area (Å²) in [7, 11) is 0. The average Bonchev–Trinajstić information content (AvgIpc) is 3.18. The summed E-state index contributed by atoms with van der Waals surface area (Å²) >= 11 is 1.33. The van der Waals surface area contributed by atoms with Crippen LogP contribution in [0.2, 0.25) is 0 Å². The Labute approximate surface area is 161 Å². The lowest BCUT2D eigenvalue weighted by molar-refractivity contribution is -0.137. The molecule has 28 heavy (non-hydrogen) atoms. The van der Waals surface area contributed by atoms with Gasteiger partial charge < -0.3 is 9.84 Å². The van der Waals surface area contributed by atoms with Gasteiger partial charge in [0.05, 0.1) is 22.6 Å². The van der Waals surface area contributed by atoms with Crippen LogP contribution < -0.4 is 4.74 Å². The van der Waals surface area contributed by atoms with Crippen LogP contribution in [0.3, 0.4) is 0 Å². The summed E-state index contributed by atoms with van der Waals surface area (Å²) in [6.45, 7) is 0.0392. The predicted octanol–water partition coefficient (Wildman–Crippen LogP) is 5.06.